The summed E-state index contributed by atoms with van der Waals surface area (Å²) in [7, 11) is 1.58. The smallest absolute Gasteiger partial charge is 0.242 e. The largest absolute Gasteiger partial charge is 0.357 e. The molecular weight excluding hydrogens is 400 g/mol. The van der Waals surface area contributed by atoms with E-state index in [1.165, 1.54) is 11.8 Å². The van der Waals surface area contributed by atoms with E-state index in [-0.39, 0.29) is 11.8 Å². The third kappa shape index (κ3) is 5.90. The molecule has 0 radical (unpaired) electrons. The molecule has 0 aliphatic rings. The highest BCUT2D eigenvalue weighted by molar-refractivity contribution is 9.10. The predicted molar refractivity (Wildman–Crippen MR) is 105 cm³/mol. The van der Waals surface area contributed by atoms with Crippen molar-refractivity contribution >= 4 is 39.5 Å². The number of thioether (sulfide) groups is 1. The Morgan fingerprint density at radius 3 is 2.36 bits per heavy atom. The number of likely N-dealkylation sites (N-methyl/N-ethyl adjacent to an activating group) is 1. The van der Waals surface area contributed by atoms with Gasteiger partial charge < -0.3 is 10.2 Å². The molecule has 6 heteroatoms. The Morgan fingerprint density at radius 1 is 1.12 bits per heavy atom. The van der Waals surface area contributed by atoms with Crippen molar-refractivity contribution in [3.05, 3.63) is 64.6 Å². The maximum absolute atomic E-state index is 12.8. The molecule has 0 heterocycles. The maximum Gasteiger partial charge on any atom is 0.242 e. The average Bonchev–Trinajstić information content (AvgIpc) is 2.65. The number of hydrogen-bond donors (Lipinski definition) is 1. The molecular formula is C19H21BrN2O2S. The number of hydrogen-bond acceptors (Lipinski definition) is 3. The molecule has 0 fully saturated rings. The monoisotopic (exact) mass is 420 g/mol. The van der Waals surface area contributed by atoms with Gasteiger partial charge in [-0.3, -0.25) is 9.59 Å². The van der Waals surface area contributed by atoms with E-state index >= 15 is 0 Å². The molecule has 0 saturated carbocycles. The van der Waals surface area contributed by atoms with Crippen LogP contribution in [0.2, 0.25) is 0 Å². The van der Waals surface area contributed by atoms with Crippen LogP contribution in [0.5, 0.6) is 0 Å². The zero-order valence-electron chi connectivity index (χ0n) is 14.2. The van der Waals surface area contributed by atoms with Crippen molar-refractivity contribution in [2.75, 3.05) is 12.8 Å². The van der Waals surface area contributed by atoms with E-state index in [1.807, 2.05) is 54.6 Å². The highest BCUT2D eigenvalue weighted by Gasteiger charge is 2.25. The summed E-state index contributed by atoms with van der Waals surface area (Å²) in [6.07, 6.45) is 0. The number of carbonyl (C=O) groups is 2. The van der Waals surface area contributed by atoms with Crippen LogP contribution in [0, 0.1) is 0 Å². The number of benzene rings is 2. The van der Waals surface area contributed by atoms with E-state index in [0.717, 1.165) is 14.9 Å². The Kier molecular flexibility index (Phi) is 7.52. The Morgan fingerprint density at radius 2 is 1.76 bits per heavy atom. The summed E-state index contributed by atoms with van der Waals surface area (Å²) in [5.74, 6) is 0.0602. The SMILES string of the molecule is CNC(=O)[C@H](C)N(Cc1ccc(Br)cc1)C(=O)CSc1ccccc1. The number of carbonyl (C=O) groups excluding carboxylic acids is 2. The van der Waals surface area contributed by atoms with Crippen LogP contribution in [0.3, 0.4) is 0 Å². The van der Waals surface area contributed by atoms with Crippen LogP contribution in [-0.2, 0) is 16.1 Å². The first-order chi connectivity index (χ1) is 12.0. The van der Waals surface area contributed by atoms with Gasteiger partial charge in [0, 0.05) is 23.0 Å². The molecule has 2 aromatic rings. The summed E-state index contributed by atoms with van der Waals surface area (Å²) in [6, 6.07) is 17.0. The topological polar surface area (TPSA) is 49.4 Å². The predicted octanol–water partition coefficient (Wildman–Crippen LogP) is 3.70. The number of nitrogens with zero attached hydrogens (tertiary/aromatic N) is 1. The second kappa shape index (κ2) is 9.63. The van der Waals surface area contributed by atoms with Crippen LogP contribution in [0.15, 0.2) is 64.0 Å². The molecule has 1 N–H and O–H groups in total. The lowest BCUT2D eigenvalue weighted by molar-refractivity contribution is -0.138. The minimum atomic E-state index is -0.530. The van der Waals surface area contributed by atoms with Gasteiger partial charge in [-0.15, -0.1) is 11.8 Å². The number of halogens is 1. The maximum atomic E-state index is 12.8. The highest BCUT2D eigenvalue weighted by atomic mass is 79.9. The molecule has 0 aliphatic carbocycles. The van der Waals surface area contributed by atoms with Gasteiger partial charge in [0.05, 0.1) is 5.75 Å². The number of nitrogens with one attached hydrogen (secondary N) is 1. The van der Waals surface area contributed by atoms with Gasteiger partial charge in [-0.05, 0) is 36.8 Å². The third-order valence-corrected chi connectivity index (χ3v) is 5.31. The molecule has 0 saturated heterocycles. The van der Waals surface area contributed by atoms with Gasteiger partial charge >= 0.3 is 0 Å². The summed E-state index contributed by atoms with van der Waals surface area (Å²) < 4.78 is 0.980. The van der Waals surface area contributed by atoms with E-state index in [9.17, 15) is 9.59 Å². The molecule has 0 bridgehead atoms. The fraction of sp³-hybridized carbons (Fsp3) is 0.263. The minimum absolute atomic E-state index is 0.0622. The van der Waals surface area contributed by atoms with E-state index in [0.29, 0.717) is 12.3 Å². The molecule has 0 unspecified atom stereocenters. The molecule has 4 nitrogen and oxygen atoms in total. The van der Waals surface area contributed by atoms with Gasteiger partial charge in [0.1, 0.15) is 6.04 Å². The first-order valence-corrected chi connectivity index (χ1v) is 9.72. The molecule has 2 amide bonds. The second-order valence-electron chi connectivity index (χ2n) is 5.54. The van der Waals surface area contributed by atoms with Crippen molar-refractivity contribution in [1.29, 1.82) is 0 Å². The molecule has 2 aromatic carbocycles. The molecule has 25 heavy (non-hydrogen) atoms. The van der Waals surface area contributed by atoms with E-state index in [4.69, 9.17) is 0 Å². The van der Waals surface area contributed by atoms with Crippen LogP contribution >= 0.6 is 27.7 Å². The van der Waals surface area contributed by atoms with Crippen LogP contribution in [0.1, 0.15) is 12.5 Å². The zero-order valence-corrected chi connectivity index (χ0v) is 16.6. The van der Waals surface area contributed by atoms with Crippen molar-refractivity contribution < 1.29 is 9.59 Å². The summed E-state index contributed by atoms with van der Waals surface area (Å²) in [5.41, 5.74) is 0.983. The van der Waals surface area contributed by atoms with Gasteiger partial charge in [-0.2, -0.15) is 0 Å². The van der Waals surface area contributed by atoms with Crippen molar-refractivity contribution in [3.63, 3.8) is 0 Å². The van der Waals surface area contributed by atoms with Crippen molar-refractivity contribution in [3.8, 4) is 0 Å². The first kappa shape index (κ1) is 19.5. The van der Waals surface area contributed by atoms with Gasteiger partial charge in [-0.1, -0.05) is 46.3 Å². The Balaban J connectivity index is 2.10. The lowest BCUT2D eigenvalue weighted by Crippen LogP contribution is -2.47. The van der Waals surface area contributed by atoms with Crippen LogP contribution in [-0.4, -0.2) is 35.6 Å². The molecule has 1 atom stereocenters. The highest BCUT2D eigenvalue weighted by Crippen LogP contribution is 2.20. The van der Waals surface area contributed by atoms with Crippen molar-refractivity contribution in [1.82, 2.24) is 10.2 Å². The molecule has 132 valence electrons. The van der Waals surface area contributed by atoms with Gasteiger partial charge in [0.15, 0.2) is 0 Å². The van der Waals surface area contributed by atoms with Crippen LogP contribution in [0.4, 0.5) is 0 Å². The first-order valence-electron chi connectivity index (χ1n) is 7.94. The zero-order chi connectivity index (χ0) is 18.2. The van der Waals surface area contributed by atoms with Gasteiger partial charge in [0.25, 0.3) is 0 Å². The minimum Gasteiger partial charge on any atom is -0.357 e. The van der Waals surface area contributed by atoms with Gasteiger partial charge in [0.2, 0.25) is 11.8 Å². The lowest BCUT2D eigenvalue weighted by atomic mass is 10.1. The van der Waals surface area contributed by atoms with E-state index in [1.54, 1.807) is 18.9 Å². The van der Waals surface area contributed by atoms with E-state index in [2.05, 4.69) is 21.2 Å². The fourth-order valence-electron chi connectivity index (χ4n) is 2.32. The number of amides is 2. The molecule has 2 rings (SSSR count). The third-order valence-electron chi connectivity index (χ3n) is 3.79. The number of rotatable bonds is 7. The Labute approximate surface area is 161 Å². The Hall–Kier alpha value is -1.79. The van der Waals surface area contributed by atoms with Crippen LogP contribution in [0.25, 0.3) is 0 Å². The van der Waals surface area contributed by atoms with E-state index < -0.39 is 6.04 Å². The second-order valence-corrected chi connectivity index (χ2v) is 7.50. The summed E-state index contributed by atoms with van der Waals surface area (Å²) >= 11 is 4.88. The van der Waals surface area contributed by atoms with Gasteiger partial charge in [-0.25, -0.2) is 0 Å². The van der Waals surface area contributed by atoms with Crippen molar-refractivity contribution in [2.45, 2.75) is 24.4 Å². The fourth-order valence-corrected chi connectivity index (χ4v) is 3.39. The Bertz CT molecular complexity index is 707. The average molecular weight is 421 g/mol. The summed E-state index contributed by atoms with van der Waals surface area (Å²) in [6.45, 7) is 2.15. The summed E-state index contributed by atoms with van der Waals surface area (Å²) in [5, 5.41) is 2.62. The standard InChI is InChI=1S/C19H21BrN2O2S/c1-14(19(24)21-2)22(12-15-8-10-16(20)11-9-15)18(23)13-25-17-6-4-3-5-7-17/h3-11,14H,12-13H2,1-2H3,(H,21,24)/t14-/m0/s1. The summed E-state index contributed by atoms with van der Waals surface area (Å²) in [4.78, 5) is 27.5. The molecule has 0 aliphatic heterocycles. The lowest BCUT2D eigenvalue weighted by Gasteiger charge is -2.28. The molecule has 0 aromatic heterocycles. The quantitative estimate of drug-likeness (QED) is 0.694. The van der Waals surface area contributed by atoms with Crippen molar-refractivity contribution in [2.24, 2.45) is 0 Å². The van der Waals surface area contributed by atoms with Crippen LogP contribution < -0.4 is 5.32 Å². The normalized spacial score (nSPS) is 11.6. The molecule has 0 spiro atoms.